The van der Waals surface area contributed by atoms with Gasteiger partial charge >= 0.3 is 17.9 Å². The summed E-state index contributed by atoms with van der Waals surface area (Å²) in [5, 5.41) is 20.8. The first-order valence-electron chi connectivity index (χ1n) is 13.6. The Bertz CT molecular complexity index is 990. The van der Waals surface area contributed by atoms with Gasteiger partial charge in [-0.25, -0.2) is 0 Å². The van der Waals surface area contributed by atoms with Crippen LogP contribution in [-0.4, -0.2) is 58.0 Å². The zero-order valence-corrected chi connectivity index (χ0v) is 22.3. The molecular weight excluding hydrogens is 480 g/mol. The molecule has 4 fully saturated rings. The van der Waals surface area contributed by atoms with E-state index in [2.05, 4.69) is 6.92 Å². The number of carbonyl (C=O) groups is 5. The molecule has 206 valence electrons. The van der Waals surface area contributed by atoms with Crippen molar-refractivity contribution in [3.63, 3.8) is 0 Å². The predicted molar refractivity (Wildman–Crippen MR) is 130 cm³/mol. The van der Waals surface area contributed by atoms with Crippen molar-refractivity contribution >= 4 is 29.5 Å². The van der Waals surface area contributed by atoms with Crippen molar-refractivity contribution in [1.29, 1.82) is 0 Å². The summed E-state index contributed by atoms with van der Waals surface area (Å²) in [5.41, 5.74) is -2.57. The van der Waals surface area contributed by atoms with Crippen LogP contribution < -0.4 is 0 Å². The Kier molecular flexibility index (Phi) is 7.34. The molecule has 9 heteroatoms. The van der Waals surface area contributed by atoms with Crippen molar-refractivity contribution in [2.45, 2.75) is 97.2 Å². The maximum Gasteiger partial charge on any atom is 0.306 e. The number of aliphatic hydroxyl groups is 1. The highest BCUT2D eigenvalue weighted by atomic mass is 16.5. The number of hydrogen-bond donors (Lipinski definition) is 2. The van der Waals surface area contributed by atoms with Crippen LogP contribution in [0, 0.1) is 40.4 Å². The number of rotatable bonds is 7. The number of aliphatic carboxylic acids is 1. The van der Waals surface area contributed by atoms with Gasteiger partial charge in [0, 0.05) is 31.1 Å². The van der Waals surface area contributed by atoms with Gasteiger partial charge in [-0.05, 0) is 61.2 Å². The highest BCUT2D eigenvalue weighted by Crippen LogP contribution is 2.69. The molecule has 37 heavy (non-hydrogen) atoms. The van der Waals surface area contributed by atoms with Crippen LogP contribution in [0.25, 0.3) is 0 Å². The molecule has 0 heterocycles. The van der Waals surface area contributed by atoms with Gasteiger partial charge in [-0.15, -0.1) is 0 Å². The van der Waals surface area contributed by atoms with Gasteiger partial charge in [-0.3, -0.25) is 24.0 Å². The number of Topliss-reactive ketones (excluding diaryl/α,β-unsaturated/α-hetero) is 2. The van der Waals surface area contributed by atoms with Crippen LogP contribution >= 0.6 is 0 Å². The molecule has 0 radical (unpaired) electrons. The van der Waals surface area contributed by atoms with Crippen molar-refractivity contribution in [3.8, 4) is 0 Å². The lowest BCUT2D eigenvalue weighted by molar-refractivity contribution is -0.217. The van der Waals surface area contributed by atoms with Gasteiger partial charge in [0.1, 0.15) is 17.5 Å². The molecule has 9 unspecified atom stereocenters. The van der Waals surface area contributed by atoms with Gasteiger partial charge in [-0.1, -0.05) is 20.8 Å². The Morgan fingerprint density at radius 3 is 2.32 bits per heavy atom. The zero-order valence-electron chi connectivity index (χ0n) is 22.3. The zero-order chi connectivity index (χ0) is 27.3. The largest absolute Gasteiger partial charge is 0.481 e. The molecule has 9 nitrogen and oxygen atoms in total. The van der Waals surface area contributed by atoms with E-state index in [9.17, 15) is 29.1 Å². The molecule has 0 saturated heterocycles. The van der Waals surface area contributed by atoms with Crippen LogP contribution in [0.15, 0.2) is 0 Å². The number of carbonyl (C=O) groups excluding carboxylic acids is 4. The first-order valence-corrected chi connectivity index (χ1v) is 13.6. The first kappa shape index (κ1) is 27.7. The van der Waals surface area contributed by atoms with Crippen LogP contribution in [0.4, 0.5) is 0 Å². The van der Waals surface area contributed by atoms with Gasteiger partial charge in [-0.2, -0.15) is 0 Å². The molecular formula is C28H40O9. The van der Waals surface area contributed by atoms with E-state index in [0.717, 1.165) is 12.8 Å². The third kappa shape index (κ3) is 4.51. The maximum absolute atomic E-state index is 13.2. The lowest BCUT2D eigenvalue weighted by Gasteiger charge is -2.64. The average Bonchev–Trinajstić information content (AvgIpc) is 3.11. The molecule has 4 aliphatic rings. The second-order valence-electron chi connectivity index (χ2n) is 12.4. The Balaban J connectivity index is 1.69. The van der Waals surface area contributed by atoms with Crippen LogP contribution in [0.2, 0.25) is 0 Å². The third-order valence-corrected chi connectivity index (χ3v) is 10.8. The van der Waals surface area contributed by atoms with Gasteiger partial charge < -0.3 is 19.7 Å². The van der Waals surface area contributed by atoms with E-state index in [1.165, 1.54) is 6.92 Å². The van der Waals surface area contributed by atoms with Gasteiger partial charge in [0.05, 0.1) is 12.8 Å². The van der Waals surface area contributed by atoms with Crippen molar-refractivity contribution in [3.05, 3.63) is 0 Å². The molecule has 4 rings (SSSR count). The van der Waals surface area contributed by atoms with E-state index in [-0.39, 0.29) is 60.1 Å². The van der Waals surface area contributed by atoms with Crippen LogP contribution in [-0.2, 0) is 33.4 Å². The summed E-state index contributed by atoms with van der Waals surface area (Å²) in [5.74, 6) is -2.71. The summed E-state index contributed by atoms with van der Waals surface area (Å²) in [7, 11) is 0. The van der Waals surface area contributed by atoms with E-state index >= 15 is 0 Å². The SMILES string of the molecule is CC(=O)OCC(=O)C1(O)CCC2C3C(OC(=O)CCC(=O)O)C(C)C4CC(=O)CCC4(C)C3CCC21C. The van der Waals surface area contributed by atoms with Gasteiger partial charge in [0.15, 0.2) is 6.61 Å². The van der Waals surface area contributed by atoms with Crippen LogP contribution in [0.3, 0.4) is 0 Å². The number of carboxylic acid groups (broad SMARTS) is 1. The summed E-state index contributed by atoms with van der Waals surface area (Å²) >= 11 is 0. The molecule has 0 aromatic heterocycles. The normalized spacial score (nSPS) is 42.7. The Hall–Kier alpha value is -2.29. The second kappa shape index (κ2) is 9.79. The summed E-state index contributed by atoms with van der Waals surface area (Å²) in [6, 6.07) is 0. The molecule has 2 N–H and O–H groups in total. The fraction of sp³-hybridized carbons (Fsp3) is 0.821. The predicted octanol–water partition coefficient (Wildman–Crippen LogP) is 3.09. The molecule has 0 spiro atoms. The van der Waals surface area contributed by atoms with Crippen molar-refractivity contribution in [1.82, 2.24) is 0 Å². The Morgan fingerprint density at radius 2 is 1.68 bits per heavy atom. The Labute approximate surface area is 217 Å². The minimum Gasteiger partial charge on any atom is -0.481 e. The molecule has 0 aliphatic heterocycles. The van der Waals surface area contributed by atoms with Crippen molar-refractivity contribution < 1.29 is 43.7 Å². The smallest absolute Gasteiger partial charge is 0.306 e. The number of fused-ring (bicyclic) bond motifs is 5. The highest BCUT2D eigenvalue weighted by molar-refractivity contribution is 5.91. The maximum atomic E-state index is 13.2. The molecule has 0 aromatic carbocycles. The number of hydrogen-bond acceptors (Lipinski definition) is 8. The van der Waals surface area contributed by atoms with E-state index in [0.29, 0.717) is 25.7 Å². The molecule has 0 amide bonds. The number of ketones is 2. The van der Waals surface area contributed by atoms with E-state index in [4.69, 9.17) is 14.6 Å². The Morgan fingerprint density at radius 1 is 1.00 bits per heavy atom. The molecule has 4 aliphatic carbocycles. The summed E-state index contributed by atoms with van der Waals surface area (Å²) in [6.07, 6.45) is 2.77. The van der Waals surface area contributed by atoms with Crippen LogP contribution in [0.1, 0.15) is 85.5 Å². The molecule has 4 saturated carbocycles. The average molecular weight is 521 g/mol. The van der Waals surface area contributed by atoms with Crippen molar-refractivity contribution in [2.24, 2.45) is 40.4 Å². The molecule has 0 bridgehead atoms. The van der Waals surface area contributed by atoms with E-state index < -0.39 is 47.4 Å². The third-order valence-electron chi connectivity index (χ3n) is 10.8. The number of carboxylic acids is 1. The monoisotopic (exact) mass is 520 g/mol. The van der Waals surface area contributed by atoms with E-state index in [1.807, 2.05) is 13.8 Å². The fourth-order valence-electron chi connectivity index (χ4n) is 8.79. The summed E-state index contributed by atoms with van der Waals surface area (Å²) < 4.78 is 11.0. The molecule has 9 atom stereocenters. The second-order valence-corrected chi connectivity index (χ2v) is 12.4. The minimum atomic E-state index is -1.65. The topological polar surface area (TPSA) is 144 Å². The lowest BCUT2D eigenvalue weighted by Crippen LogP contribution is -2.64. The first-order chi connectivity index (χ1) is 17.2. The lowest BCUT2D eigenvalue weighted by atomic mass is 9.41. The standard InChI is InChI=1S/C28H40O9/c1-15-20-13-17(30)7-10-26(20,3)18-8-11-27(4)19(9-12-28(27,35)21(31)14-36-16(2)29)24(18)25(15)37-23(34)6-5-22(32)33/h15,18-20,24-25,35H,5-14H2,1-4H3,(H,32,33). The molecule has 0 aromatic rings. The van der Waals surface area contributed by atoms with Gasteiger partial charge in [0.25, 0.3) is 0 Å². The number of esters is 2. The minimum absolute atomic E-state index is 0.0440. The summed E-state index contributed by atoms with van der Waals surface area (Å²) in [6.45, 7) is 6.94. The van der Waals surface area contributed by atoms with Gasteiger partial charge in [0.2, 0.25) is 5.78 Å². The fourth-order valence-corrected chi connectivity index (χ4v) is 8.79. The van der Waals surface area contributed by atoms with Crippen LogP contribution in [0.5, 0.6) is 0 Å². The number of ether oxygens (including phenoxy) is 2. The van der Waals surface area contributed by atoms with Crippen molar-refractivity contribution in [2.75, 3.05) is 6.61 Å². The highest BCUT2D eigenvalue weighted by Gasteiger charge is 2.70. The van der Waals surface area contributed by atoms with E-state index in [1.54, 1.807) is 0 Å². The summed E-state index contributed by atoms with van der Waals surface area (Å²) in [4.78, 5) is 60.8. The quantitative estimate of drug-likeness (QED) is 0.484.